The molecule has 9 heteroatoms. The van der Waals surface area contributed by atoms with Crippen molar-refractivity contribution in [3.8, 4) is 11.4 Å². The van der Waals surface area contributed by atoms with Crippen molar-refractivity contribution >= 4 is 21.4 Å². The van der Waals surface area contributed by atoms with E-state index in [0.717, 1.165) is 5.56 Å². The third-order valence-corrected chi connectivity index (χ3v) is 8.45. The average Bonchev–Trinajstić information content (AvgIpc) is 3.40. The molecule has 1 fully saturated rings. The summed E-state index contributed by atoms with van der Waals surface area (Å²) in [7, 11) is -3.92. The second-order valence-corrected chi connectivity index (χ2v) is 10.2. The molecule has 1 aliphatic rings. The van der Waals surface area contributed by atoms with Gasteiger partial charge in [-0.25, -0.2) is 13.2 Å². The molecule has 1 amide bonds. The molecule has 0 bridgehead atoms. The van der Waals surface area contributed by atoms with E-state index in [1.807, 2.05) is 13.0 Å². The Bertz CT molecular complexity index is 1300. The van der Waals surface area contributed by atoms with Crippen LogP contribution in [-0.4, -0.2) is 29.2 Å². The van der Waals surface area contributed by atoms with Gasteiger partial charge in [-0.1, -0.05) is 42.3 Å². The fraction of sp³-hybridized carbons (Fsp3) is 0.318. The third kappa shape index (κ3) is 3.69. The molecule has 1 aromatic heterocycles. The van der Waals surface area contributed by atoms with E-state index in [1.54, 1.807) is 43.3 Å². The molecule has 1 aliphatic carbocycles. The van der Waals surface area contributed by atoms with Crippen LogP contribution in [0.15, 0.2) is 56.7 Å². The summed E-state index contributed by atoms with van der Waals surface area (Å²) in [6, 6.07) is 11.9. The highest BCUT2D eigenvalue weighted by molar-refractivity contribution is 7.93. The van der Waals surface area contributed by atoms with Gasteiger partial charge >= 0.3 is 5.76 Å². The van der Waals surface area contributed by atoms with E-state index in [9.17, 15) is 18.0 Å². The molecule has 8 nitrogen and oxygen atoms in total. The van der Waals surface area contributed by atoms with Crippen molar-refractivity contribution in [3.05, 3.63) is 64.1 Å². The topological polar surface area (TPSA) is 122 Å². The van der Waals surface area contributed by atoms with E-state index >= 15 is 0 Å². The summed E-state index contributed by atoms with van der Waals surface area (Å²) in [6.45, 7) is 3.58. The molecule has 162 valence electrons. The molecule has 0 spiro atoms. The highest BCUT2D eigenvalue weighted by Gasteiger charge is 2.53. The van der Waals surface area contributed by atoms with Gasteiger partial charge in [-0.3, -0.25) is 14.3 Å². The summed E-state index contributed by atoms with van der Waals surface area (Å²) in [5.74, 6) is -1.01. The number of hydrogen-bond acceptors (Lipinski definition) is 6. The van der Waals surface area contributed by atoms with Crippen LogP contribution in [0.1, 0.15) is 36.8 Å². The Hall–Kier alpha value is -3.20. The quantitative estimate of drug-likeness (QED) is 0.626. The van der Waals surface area contributed by atoms with Gasteiger partial charge in [0.05, 0.1) is 4.90 Å². The number of anilines is 1. The lowest BCUT2D eigenvalue weighted by atomic mass is 10.1. The molecular formula is C22H23N3O5S. The Morgan fingerprint density at radius 1 is 1.13 bits per heavy atom. The maximum atomic E-state index is 13.7. The van der Waals surface area contributed by atoms with Crippen LogP contribution in [0.25, 0.3) is 11.4 Å². The Labute approximate surface area is 179 Å². The van der Waals surface area contributed by atoms with Crippen molar-refractivity contribution in [2.24, 2.45) is 0 Å². The minimum Gasteiger partial charge on any atom is -0.325 e. The summed E-state index contributed by atoms with van der Waals surface area (Å²) < 4.78 is 30.5. The van der Waals surface area contributed by atoms with Gasteiger partial charge < -0.3 is 5.32 Å². The monoisotopic (exact) mass is 441 g/mol. The highest BCUT2D eigenvalue weighted by Crippen LogP contribution is 2.42. The minimum atomic E-state index is -3.92. The molecule has 0 atom stereocenters. The number of nitrogens with one attached hydrogen (secondary N) is 2. The Morgan fingerprint density at radius 3 is 2.55 bits per heavy atom. The van der Waals surface area contributed by atoms with E-state index in [-0.39, 0.29) is 23.6 Å². The van der Waals surface area contributed by atoms with Crippen LogP contribution in [-0.2, 0) is 14.6 Å². The molecule has 31 heavy (non-hydrogen) atoms. The van der Waals surface area contributed by atoms with E-state index in [0.29, 0.717) is 29.7 Å². The molecule has 0 saturated heterocycles. The number of aromatic nitrogens is 2. The van der Waals surface area contributed by atoms with Crippen molar-refractivity contribution in [1.82, 2.24) is 10.1 Å². The molecule has 0 unspecified atom stereocenters. The van der Waals surface area contributed by atoms with E-state index in [4.69, 9.17) is 0 Å². The zero-order valence-corrected chi connectivity index (χ0v) is 18.1. The van der Waals surface area contributed by atoms with Crippen LogP contribution in [0.4, 0.5) is 5.69 Å². The smallest absolute Gasteiger partial charge is 0.325 e. The number of H-pyrrole nitrogens is 1. The van der Waals surface area contributed by atoms with Crippen LogP contribution in [0, 0.1) is 13.8 Å². The fourth-order valence-corrected chi connectivity index (χ4v) is 6.49. The number of benzene rings is 2. The first-order valence-electron chi connectivity index (χ1n) is 10.0. The SMILES string of the molecule is Cc1ccc(C)c(S(=O)(=O)C2(C(=O)Nc3cccc(-c4noc(=O)[nH]4)c3)CCCC2)c1. The number of hydrogen-bond donors (Lipinski definition) is 2. The van der Waals surface area contributed by atoms with Gasteiger partial charge in [-0.2, -0.15) is 0 Å². The van der Waals surface area contributed by atoms with Gasteiger partial charge in [-0.15, -0.1) is 0 Å². The minimum absolute atomic E-state index is 0.207. The number of amides is 1. The fourth-order valence-electron chi connectivity index (χ4n) is 4.11. The maximum Gasteiger partial charge on any atom is 0.439 e. The third-order valence-electron chi connectivity index (χ3n) is 5.81. The molecular weight excluding hydrogens is 418 g/mol. The average molecular weight is 442 g/mol. The Kier molecular flexibility index (Phi) is 5.30. The number of sulfone groups is 1. The van der Waals surface area contributed by atoms with E-state index in [2.05, 4.69) is 20.0 Å². The molecule has 2 N–H and O–H groups in total. The van der Waals surface area contributed by atoms with Crippen molar-refractivity contribution in [3.63, 3.8) is 0 Å². The zero-order valence-electron chi connectivity index (χ0n) is 17.3. The van der Waals surface area contributed by atoms with Crippen molar-refractivity contribution in [2.45, 2.75) is 49.2 Å². The van der Waals surface area contributed by atoms with Crippen molar-refractivity contribution in [2.75, 3.05) is 5.32 Å². The molecule has 2 aromatic carbocycles. The highest BCUT2D eigenvalue weighted by atomic mass is 32.2. The van der Waals surface area contributed by atoms with Crippen LogP contribution < -0.4 is 11.1 Å². The number of aryl methyl sites for hydroxylation is 2. The molecule has 1 saturated carbocycles. The van der Waals surface area contributed by atoms with Gasteiger partial charge in [0, 0.05) is 11.3 Å². The van der Waals surface area contributed by atoms with E-state index in [1.165, 1.54) is 0 Å². The lowest BCUT2D eigenvalue weighted by Crippen LogP contribution is -2.47. The number of carbonyl (C=O) groups is 1. The predicted molar refractivity (Wildman–Crippen MR) is 115 cm³/mol. The largest absolute Gasteiger partial charge is 0.439 e. The van der Waals surface area contributed by atoms with Crippen molar-refractivity contribution < 1.29 is 17.7 Å². The Balaban J connectivity index is 1.70. The number of carbonyl (C=O) groups excluding carboxylic acids is 1. The number of rotatable bonds is 5. The van der Waals surface area contributed by atoms with Crippen molar-refractivity contribution in [1.29, 1.82) is 0 Å². The first kappa shape index (κ1) is 21.0. The molecule has 0 radical (unpaired) electrons. The lowest BCUT2D eigenvalue weighted by molar-refractivity contribution is -0.118. The van der Waals surface area contributed by atoms with Gasteiger partial charge in [0.25, 0.3) is 0 Å². The number of nitrogens with zero attached hydrogens (tertiary/aromatic N) is 1. The van der Waals surface area contributed by atoms with E-state index < -0.39 is 26.2 Å². The first-order chi connectivity index (χ1) is 14.7. The van der Waals surface area contributed by atoms with Gasteiger partial charge in [-0.05, 0) is 56.0 Å². The maximum absolute atomic E-state index is 13.7. The summed E-state index contributed by atoms with van der Waals surface area (Å²) >= 11 is 0. The van der Waals surface area contributed by atoms with Crippen LogP contribution in [0.3, 0.4) is 0 Å². The second-order valence-electron chi connectivity index (χ2n) is 7.95. The number of aromatic amines is 1. The van der Waals surface area contributed by atoms with Gasteiger partial charge in [0.15, 0.2) is 20.4 Å². The van der Waals surface area contributed by atoms with Crippen LogP contribution in [0.5, 0.6) is 0 Å². The second kappa shape index (κ2) is 7.81. The van der Waals surface area contributed by atoms with Crippen LogP contribution in [0.2, 0.25) is 0 Å². The molecule has 1 heterocycles. The summed E-state index contributed by atoms with van der Waals surface area (Å²) in [6.07, 6.45) is 1.87. The van der Waals surface area contributed by atoms with Gasteiger partial charge in [0.2, 0.25) is 5.91 Å². The summed E-state index contributed by atoms with van der Waals surface area (Å²) in [5.41, 5.74) is 2.39. The lowest BCUT2D eigenvalue weighted by Gasteiger charge is -2.28. The summed E-state index contributed by atoms with van der Waals surface area (Å²) in [4.78, 5) is 27.3. The van der Waals surface area contributed by atoms with Gasteiger partial charge in [0.1, 0.15) is 0 Å². The summed E-state index contributed by atoms with van der Waals surface area (Å²) in [5, 5.41) is 6.43. The predicted octanol–water partition coefficient (Wildman–Crippen LogP) is 3.37. The first-order valence-corrected chi connectivity index (χ1v) is 11.5. The zero-order chi connectivity index (χ0) is 22.2. The molecule has 0 aliphatic heterocycles. The normalized spacial score (nSPS) is 15.7. The molecule has 4 rings (SSSR count). The van der Waals surface area contributed by atoms with Crippen LogP contribution >= 0.6 is 0 Å². The molecule has 3 aromatic rings. The Morgan fingerprint density at radius 2 is 1.87 bits per heavy atom. The standard InChI is InChI=1S/C22H23N3O5S/c1-14-8-9-15(2)18(12-14)31(28,29)22(10-3-4-11-22)20(26)23-17-7-5-6-16(13-17)19-24-21(27)30-25-19/h5-9,12-13H,3-4,10-11H2,1-2H3,(H,23,26)(H,24,25,27).